The van der Waals surface area contributed by atoms with E-state index in [0.717, 1.165) is 33.6 Å². The van der Waals surface area contributed by atoms with Gasteiger partial charge >= 0.3 is 0 Å². The molecule has 0 unspecified atom stereocenters. The summed E-state index contributed by atoms with van der Waals surface area (Å²) < 4.78 is 0. The Bertz CT molecular complexity index is 1300. The van der Waals surface area contributed by atoms with Crippen molar-refractivity contribution in [2.45, 2.75) is 19.8 Å². The Morgan fingerprint density at radius 3 is 1.68 bits per heavy atom. The third kappa shape index (κ3) is 12.5. The number of aromatic nitrogens is 2. The van der Waals surface area contributed by atoms with Crippen molar-refractivity contribution >= 4 is 11.9 Å². The van der Waals surface area contributed by atoms with Gasteiger partial charge in [0.25, 0.3) is 0 Å². The number of allylic oxidation sites excluding steroid dienone is 2. The molecule has 0 atom stereocenters. The van der Waals surface area contributed by atoms with Crippen molar-refractivity contribution in [3.05, 3.63) is 163 Å². The molecular weight excluding hydrogens is 685 g/mol. The van der Waals surface area contributed by atoms with Crippen molar-refractivity contribution in [2.24, 2.45) is 0 Å². The number of aliphatic hydroxyl groups is 1. The van der Waals surface area contributed by atoms with Crippen molar-refractivity contribution in [2.75, 3.05) is 0 Å². The molecule has 5 aromatic rings. The number of hydrogen-bond acceptors (Lipinski definition) is 4. The van der Waals surface area contributed by atoms with Gasteiger partial charge in [-0.25, -0.2) is 0 Å². The van der Waals surface area contributed by atoms with E-state index in [4.69, 9.17) is 5.11 Å². The van der Waals surface area contributed by atoms with Crippen LogP contribution in [0.15, 0.2) is 140 Å². The Morgan fingerprint density at radius 1 is 0.780 bits per heavy atom. The van der Waals surface area contributed by atoms with Gasteiger partial charge in [-0.05, 0) is 48.0 Å². The summed E-state index contributed by atoms with van der Waals surface area (Å²) in [5.41, 5.74) is 6.21. The molecule has 2 heterocycles. The van der Waals surface area contributed by atoms with Crippen LogP contribution in [-0.2, 0) is 31.3 Å². The Kier molecular flexibility index (Phi) is 15.0. The van der Waals surface area contributed by atoms with Gasteiger partial charge in [0, 0.05) is 45.0 Å². The molecule has 5 rings (SSSR count). The normalized spacial score (nSPS) is 10.0. The zero-order chi connectivity index (χ0) is 28.4. The first-order chi connectivity index (χ1) is 19.5. The minimum absolute atomic E-state index is 0. The van der Waals surface area contributed by atoms with Crippen LogP contribution in [0, 0.1) is 12.1 Å². The van der Waals surface area contributed by atoms with E-state index in [0.29, 0.717) is 12.8 Å². The second kappa shape index (κ2) is 18.8. The molecule has 0 bridgehead atoms. The van der Waals surface area contributed by atoms with Crippen molar-refractivity contribution in [3.8, 4) is 22.5 Å². The number of carbonyl (C=O) groups is 1. The molecule has 0 aliphatic carbocycles. The Hall–Kier alpha value is -4.44. The van der Waals surface area contributed by atoms with Gasteiger partial charge in [-0.3, -0.25) is 4.79 Å². The largest absolute Gasteiger partial charge is 0.512 e. The van der Waals surface area contributed by atoms with Crippen molar-refractivity contribution in [3.63, 3.8) is 0 Å². The van der Waals surface area contributed by atoms with Gasteiger partial charge in [0.1, 0.15) is 0 Å². The van der Waals surface area contributed by atoms with Crippen LogP contribution in [-0.4, -0.2) is 20.9 Å². The fraction of sp³-hybridized carbons (Fsp3) is 0.0833. The second-order valence-electron chi connectivity index (χ2n) is 8.68. The summed E-state index contributed by atoms with van der Waals surface area (Å²) in [5.74, 6) is 0.0137. The van der Waals surface area contributed by atoms with Crippen molar-refractivity contribution < 1.29 is 30.0 Å². The molecule has 0 aliphatic rings. The fourth-order valence-corrected chi connectivity index (χ4v) is 3.54. The number of hydrogen-bond donors (Lipinski definition) is 1. The van der Waals surface area contributed by atoms with Gasteiger partial charge in [-0.15, -0.1) is 71.8 Å². The average Bonchev–Trinajstić information content (AvgIpc) is 3.02. The maximum absolute atomic E-state index is 11.3. The molecular formula is C36H32IrN2O2-2. The van der Waals surface area contributed by atoms with Crippen molar-refractivity contribution in [1.29, 1.82) is 0 Å². The van der Waals surface area contributed by atoms with Gasteiger partial charge in [-0.1, -0.05) is 61.2 Å². The first-order valence-electron chi connectivity index (χ1n) is 12.9. The molecule has 209 valence electrons. The Balaban J connectivity index is 0.000000215. The first-order valence-corrected chi connectivity index (χ1v) is 12.9. The molecule has 0 spiro atoms. The zero-order valence-corrected chi connectivity index (χ0v) is 25.3. The number of ketones is 1. The minimum Gasteiger partial charge on any atom is -0.512 e. The van der Waals surface area contributed by atoms with Crippen LogP contribution >= 0.6 is 0 Å². The monoisotopic (exact) mass is 717 g/mol. The third-order valence-electron chi connectivity index (χ3n) is 5.55. The smallest absolute Gasteiger partial charge is 0.159 e. The number of pyridine rings is 2. The van der Waals surface area contributed by atoms with Crippen LogP contribution in [0.1, 0.15) is 24.5 Å². The number of nitrogens with zero attached hydrogens (tertiary/aromatic N) is 2. The van der Waals surface area contributed by atoms with Crippen LogP contribution in [0.5, 0.6) is 0 Å². The quantitative estimate of drug-likeness (QED) is 0.105. The standard InChI is InChI=1S/C14H16O2.2C11H8N.Ir/c1-3-12-4-6-13(7-5-12)8-9-14(16)10-11(2)15;2*1-2-6-10(7-3-1)11-8-4-5-9-12-11;/h3-7,10,15H,1,8-9H2,2H3;2*1-6,8-9H;/q;2*-1;. The third-order valence-corrected chi connectivity index (χ3v) is 5.55. The molecule has 3 aromatic carbocycles. The SMILES string of the molecule is C=Cc1ccc(CCC(=O)C=C(C)O)cc1.[Ir].[c-]1ccccc1-c1ccccn1.[c-]1ccccc1-c1ccccn1. The summed E-state index contributed by atoms with van der Waals surface area (Å²) in [5, 5.41) is 8.92. The number of rotatable bonds is 7. The van der Waals surface area contributed by atoms with E-state index in [1.165, 1.54) is 13.0 Å². The molecule has 0 saturated heterocycles. The van der Waals surface area contributed by atoms with Crippen LogP contribution in [0.2, 0.25) is 0 Å². The van der Waals surface area contributed by atoms with Gasteiger partial charge in [0.05, 0.1) is 5.76 Å². The summed E-state index contributed by atoms with van der Waals surface area (Å²) in [6.45, 7) is 5.17. The minimum atomic E-state index is -0.0483. The van der Waals surface area contributed by atoms with E-state index in [-0.39, 0.29) is 31.6 Å². The molecule has 0 fully saturated rings. The topological polar surface area (TPSA) is 63.1 Å². The predicted octanol–water partition coefficient (Wildman–Crippen LogP) is 8.39. The van der Waals surface area contributed by atoms with Gasteiger partial charge < -0.3 is 15.1 Å². The average molecular weight is 717 g/mol. The summed E-state index contributed by atoms with van der Waals surface area (Å²) in [7, 11) is 0. The Morgan fingerprint density at radius 2 is 1.29 bits per heavy atom. The molecule has 1 N–H and O–H groups in total. The predicted molar refractivity (Wildman–Crippen MR) is 163 cm³/mol. The number of carbonyl (C=O) groups excluding carboxylic acids is 1. The molecule has 0 amide bonds. The van der Waals surface area contributed by atoms with Crippen LogP contribution in [0.3, 0.4) is 0 Å². The summed E-state index contributed by atoms with van der Waals surface area (Å²) in [6.07, 6.45) is 7.74. The van der Waals surface area contributed by atoms with E-state index in [9.17, 15) is 4.79 Å². The fourth-order valence-electron chi connectivity index (χ4n) is 3.54. The second-order valence-corrected chi connectivity index (χ2v) is 8.68. The number of benzene rings is 3. The van der Waals surface area contributed by atoms with E-state index in [2.05, 4.69) is 28.7 Å². The van der Waals surface area contributed by atoms with Gasteiger partial charge in [0.15, 0.2) is 5.78 Å². The molecule has 41 heavy (non-hydrogen) atoms. The van der Waals surface area contributed by atoms with E-state index >= 15 is 0 Å². The molecule has 5 heteroatoms. The number of aliphatic hydroxyl groups excluding tert-OH is 1. The van der Waals surface area contributed by atoms with Crippen LogP contribution < -0.4 is 0 Å². The van der Waals surface area contributed by atoms with Gasteiger partial charge in [-0.2, -0.15) is 0 Å². The molecule has 0 saturated carbocycles. The van der Waals surface area contributed by atoms with Crippen molar-refractivity contribution in [1.82, 2.24) is 9.97 Å². The molecule has 1 radical (unpaired) electrons. The maximum atomic E-state index is 11.3. The summed E-state index contributed by atoms with van der Waals surface area (Å²) >= 11 is 0. The van der Waals surface area contributed by atoms with E-state index in [1.54, 1.807) is 18.5 Å². The molecule has 2 aromatic heterocycles. The maximum Gasteiger partial charge on any atom is 0.159 e. The molecule has 0 aliphatic heterocycles. The van der Waals surface area contributed by atoms with E-state index in [1.807, 2.05) is 109 Å². The zero-order valence-electron chi connectivity index (χ0n) is 22.9. The molecule has 4 nitrogen and oxygen atoms in total. The van der Waals surface area contributed by atoms with E-state index < -0.39 is 0 Å². The number of aryl methyl sites for hydroxylation is 1. The Labute approximate surface area is 256 Å². The summed E-state index contributed by atoms with van der Waals surface area (Å²) in [6, 6.07) is 41.6. The summed E-state index contributed by atoms with van der Waals surface area (Å²) in [4.78, 5) is 19.7. The van der Waals surface area contributed by atoms with Crippen LogP contribution in [0.25, 0.3) is 28.6 Å². The van der Waals surface area contributed by atoms with Gasteiger partial charge in [0.2, 0.25) is 0 Å². The van der Waals surface area contributed by atoms with Crippen LogP contribution in [0.4, 0.5) is 0 Å². The first kappa shape index (κ1) is 32.8.